The molecule has 1 aromatic rings. The van der Waals surface area contributed by atoms with Crippen LogP contribution in [0.4, 0.5) is 0 Å². The van der Waals surface area contributed by atoms with Crippen LogP contribution in [0.5, 0.6) is 0 Å². The Morgan fingerprint density at radius 1 is 1.42 bits per heavy atom. The Bertz CT molecular complexity index is 266. The predicted octanol–water partition coefficient (Wildman–Crippen LogP) is 2.18. The summed E-state index contributed by atoms with van der Waals surface area (Å²) in [4.78, 5) is 0.464. The SMILES string of the molecule is CSCc1ccc(C(N)=S)cc1. The van der Waals surface area contributed by atoms with Gasteiger partial charge in [-0.3, -0.25) is 0 Å². The highest BCUT2D eigenvalue weighted by Gasteiger charge is 1.95. The monoisotopic (exact) mass is 197 g/mol. The molecule has 0 unspecified atom stereocenters. The highest BCUT2D eigenvalue weighted by molar-refractivity contribution is 7.97. The molecule has 3 heteroatoms. The van der Waals surface area contributed by atoms with Crippen LogP contribution in [0.15, 0.2) is 24.3 Å². The minimum absolute atomic E-state index is 0.464. The van der Waals surface area contributed by atoms with Crippen LogP contribution in [0.1, 0.15) is 11.1 Å². The molecule has 0 heterocycles. The molecule has 12 heavy (non-hydrogen) atoms. The van der Waals surface area contributed by atoms with Gasteiger partial charge in [-0.15, -0.1) is 0 Å². The number of rotatable bonds is 3. The van der Waals surface area contributed by atoms with Crippen molar-refractivity contribution in [2.24, 2.45) is 5.73 Å². The van der Waals surface area contributed by atoms with Crippen LogP contribution in [0.25, 0.3) is 0 Å². The van der Waals surface area contributed by atoms with Gasteiger partial charge in [0.1, 0.15) is 4.99 Å². The van der Waals surface area contributed by atoms with Crippen molar-refractivity contribution in [3.05, 3.63) is 35.4 Å². The van der Waals surface area contributed by atoms with Gasteiger partial charge < -0.3 is 5.73 Å². The minimum Gasteiger partial charge on any atom is -0.389 e. The molecule has 0 spiro atoms. The first-order chi connectivity index (χ1) is 5.74. The lowest BCUT2D eigenvalue weighted by Gasteiger charge is -2.00. The Morgan fingerprint density at radius 2 is 2.00 bits per heavy atom. The Kier molecular flexibility index (Phi) is 3.56. The van der Waals surface area contributed by atoms with Crippen LogP contribution in [0.2, 0.25) is 0 Å². The molecule has 0 aliphatic carbocycles. The summed E-state index contributed by atoms with van der Waals surface area (Å²) in [5, 5.41) is 0. The first-order valence-electron chi connectivity index (χ1n) is 3.61. The summed E-state index contributed by atoms with van der Waals surface area (Å²) in [5.41, 5.74) is 7.71. The smallest absolute Gasteiger partial charge is 0.103 e. The van der Waals surface area contributed by atoms with Gasteiger partial charge in [-0.2, -0.15) is 11.8 Å². The van der Waals surface area contributed by atoms with Crippen molar-refractivity contribution in [3.8, 4) is 0 Å². The van der Waals surface area contributed by atoms with Crippen molar-refractivity contribution in [2.45, 2.75) is 5.75 Å². The Labute approximate surface area is 82.3 Å². The Morgan fingerprint density at radius 3 is 2.42 bits per heavy atom. The maximum atomic E-state index is 5.46. The Hall–Kier alpha value is -0.540. The van der Waals surface area contributed by atoms with Gasteiger partial charge in [0.25, 0.3) is 0 Å². The van der Waals surface area contributed by atoms with Gasteiger partial charge in [-0.25, -0.2) is 0 Å². The third kappa shape index (κ3) is 2.50. The van der Waals surface area contributed by atoms with Crippen molar-refractivity contribution < 1.29 is 0 Å². The van der Waals surface area contributed by atoms with E-state index in [1.807, 2.05) is 12.1 Å². The van der Waals surface area contributed by atoms with Crippen LogP contribution in [-0.2, 0) is 5.75 Å². The fourth-order valence-corrected chi connectivity index (χ4v) is 1.59. The number of nitrogens with two attached hydrogens (primary N) is 1. The largest absolute Gasteiger partial charge is 0.389 e. The van der Waals surface area contributed by atoms with Crippen molar-refractivity contribution in [3.63, 3.8) is 0 Å². The van der Waals surface area contributed by atoms with Crippen LogP contribution in [0.3, 0.4) is 0 Å². The molecule has 0 atom stereocenters. The van der Waals surface area contributed by atoms with Gasteiger partial charge in [0.15, 0.2) is 0 Å². The predicted molar refractivity (Wildman–Crippen MR) is 59.5 cm³/mol. The zero-order valence-electron chi connectivity index (χ0n) is 6.91. The first-order valence-corrected chi connectivity index (χ1v) is 5.42. The summed E-state index contributed by atoms with van der Waals surface area (Å²) in [6, 6.07) is 8.05. The average Bonchev–Trinajstić information content (AvgIpc) is 2.06. The lowest BCUT2D eigenvalue weighted by atomic mass is 10.1. The van der Waals surface area contributed by atoms with Crippen molar-refractivity contribution >= 4 is 29.0 Å². The molecule has 1 aromatic carbocycles. The van der Waals surface area contributed by atoms with E-state index in [9.17, 15) is 0 Å². The van der Waals surface area contributed by atoms with Gasteiger partial charge >= 0.3 is 0 Å². The topological polar surface area (TPSA) is 26.0 Å². The second kappa shape index (κ2) is 4.48. The molecule has 0 aromatic heterocycles. The lowest BCUT2D eigenvalue weighted by molar-refractivity contribution is 1.41. The van der Waals surface area contributed by atoms with E-state index in [0.29, 0.717) is 4.99 Å². The number of benzene rings is 1. The normalized spacial score (nSPS) is 9.75. The lowest BCUT2D eigenvalue weighted by Crippen LogP contribution is -2.08. The third-order valence-electron chi connectivity index (χ3n) is 1.55. The molecule has 0 amide bonds. The van der Waals surface area contributed by atoms with Crippen molar-refractivity contribution in [2.75, 3.05) is 6.26 Å². The fraction of sp³-hybridized carbons (Fsp3) is 0.222. The van der Waals surface area contributed by atoms with Crippen LogP contribution in [0, 0.1) is 0 Å². The average molecular weight is 197 g/mol. The van der Waals surface area contributed by atoms with Gasteiger partial charge in [0.2, 0.25) is 0 Å². The number of hydrogen-bond donors (Lipinski definition) is 1. The first kappa shape index (κ1) is 9.55. The maximum absolute atomic E-state index is 5.46. The molecule has 1 rings (SSSR count). The zero-order chi connectivity index (χ0) is 8.97. The van der Waals surface area contributed by atoms with E-state index in [4.69, 9.17) is 18.0 Å². The molecule has 0 fully saturated rings. The van der Waals surface area contributed by atoms with E-state index in [2.05, 4.69) is 18.4 Å². The van der Waals surface area contributed by atoms with Crippen molar-refractivity contribution in [1.29, 1.82) is 0 Å². The summed E-state index contributed by atoms with van der Waals surface area (Å²) in [7, 11) is 0. The molecule has 64 valence electrons. The Balaban J connectivity index is 2.78. The molecule has 0 radical (unpaired) electrons. The van der Waals surface area contributed by atoms with E-state index >= 15 is 0 Å². The second-order valence-corrected chi connectivity index (χ2v) is 3.80. The van der Waals surface area contributed by atoms with Crippen LogP contribution >= 0.6 is 24.0 Å². The highest BCUT2D eigenvalue weighted by Crippen LogP contribution is 2.10. The van der Waals surface area contributed by atoms with Gasteiger partial charge in [-0.05, 0) is 11.8 Å². The molecule has 0 aliphatic heterocycles. The van der Waals surface area contributed by atoms with Crippen LogP contribution < -0.4 is 5.73 Å². The van der Waals surface area contributed by atoms with Crippen molar-refractivity contribution in [1.82, 2.24) is 0 Å². The summed E-state index contributed by atoms with van der Waals surface area (Å²) in [5.74, 6) is 1.04. The third-order valence-corrected chi connectivity index (χ3v) is 2.41. The molecule has 0 saturated heterocycles. The molecular weight excluding hydrogens is 186 g/mol. The minimum atomic E-state index is 0.464. The van der Waals surface area contributed by atoms with E-state index < -0.39 is 0 Å². The van der Waals surface area contributed by atoms with Crippen LogP contribution in [-0.4, -0.2) is 11.2 Å². The number of hydrogen-bond acceptors (Lipinski definition) is 2. The van der Waals surface area contributed by atoms with Gasteiger partial charge in [-0.1, -0.05) is 36.5 Å². The maximum Gasteiger partial charge on any atom is 0.103 e. The molecule has 0 bridgehead atoms. The quantitative estimate of drug-likeness (QED) is 0.752. The molecular formula is C9H11NS2. The van der Waals surface area contributed by atoms with E-state index in [1.54, 1.807) is 11.8 Å². The standard InChI is InChI=1S/C9H11NS2/c1-12-6-7-2-4-8(5-3-7)9(10)11/h2-5H,6H2,1H3,(H2,10,11). The van der Waals surface area contributed by atoms with Gasteiger partial charge in [0, 0.05) is 11.3 Å². The molecule has 0 saturated carbocycles. The summed E-state index contributed by atoms with van der Waals surface area (Å²) in [6.45, 7) is 0. The number of thiocarbonyl (C=S) groups is 1. The molecule has 0 aliphatic rings. The van der Waals surface area contributed by atoms with E-state index in [-0.39, 0.29) is 0 Å². The summed E-state index contributed by atoms with van der Waals surface area (Å²) in [6.07, 6.45) is 2.08. The van der Waals surface area contributed by atoms with E-state index in [1.165, 1.54) is 5.56 Å². The second-order valence-electron chi connectivity index (χ2n) is 2.49. The molecule has 2 N–H and O–H groups in total. The number of thioether (sulfide) groups is 1. The summed E-state index contributed by atoms with van der Waals surface area (Å²) >= 11 is 6.65. The fourth-order valence-electron chi connectivity index (χ4n) is 0.932. The highest BCUT2D eigenvalue weighted by atomic mass is 32.2. The summed E-state index contributed by atoms with van der Waals surface area (Å²) < 4.78 is 0. The van der Waals surface area contributed by atoms with E-state index in [0.717, 1.165) is 11.3 Å². The molecule has 1 nitrogen and oxygen atoms in total. The zero-order valence-corrected chi connectivity index (χ0v) is 8.54. The van der Waals surface area contributed by atoms with Gasteiger partial charge in [0.05, 0.1) is 0 Å².